The van der Waals surface area contributed by atoms with Crippen LogP contribution in [0.4, 0.5) is 8.78 Å². The van der Waals surface area contributed by atoms with Gasteiger partial charge in [0.05, 0.1) is 7.11 Å². The van der Waals surface area contributed by atoms with E-state index >= 15 is 0 Å². The molecule has 0 radical (unpaired) electrons. The Bertz CT molecular complexity index is 505. The van der Waals surface area contributed by atoms with Crippen molar-refractivity contribution in [2.24, 2.45) is 0 Å². The Kier molecular flexibility index (Phi) is 4.59. The molecule has 0 aliphatic rings. The van der Waals surface area contributed by atoms with Crippen molar-refractivity contribution in [2.75, 3.05) is 7.11 Å². The number of esters is 1. The number of halogens is 2. The fourth-order valence-corrected chi connectivity index (χ4v) is 1.65. The van der Waals surface area contributed by atoms with Gasteiger partial charge in [0.2, 0.25) is 0 Å². The number of ether oxygens (including phenoxy) is 1. The van der Waals surface area contributed by atoms with Crippen LogP contribution < -0.4 is 0 Å². The number of hydrogen-bond acceptors (Lipinski definition) is 2. The molecule has 1 rings (SSSR count). The standard InChI is InChI=1S/C14H16F2O2/c1-5-10(14(17)18-4)6-11-8(2)9(3)12(15)7-13(11)16/h6-7H,5H2,1-4H3/b10-6+. The third-order valence-corrected chi connectivity index (χ3v) is 2.98. The van der Waals surface area contributed by atoms with Crippen molar-refractivity contribution in [3.05, 3.63) is 40.0 Å². The molecule has 0 spiro atoms. The van der Waals surface area contributed by atoms with Gasteiger partial charge in [-0.1, -0.05) is 6.92 Å². The van der Waals surface area contributed by atoms with Gasteiger partial charge in [0.15, 0.2) is 0 Å². The first-order valence-electron chi connectivity index (χ1n) is 5.66. The molecule has 0 aliphatic heterocycles. The van der Waals surface area contributed by atoms with E-state index in [-0.39, 0.29) is 5.56 Å². The minimum atomic E-state index is -0.676. The zero-order valence-electron chi connectivity index (χ0n) is 10.9. The molecule has 0 saturated heterocycles. The molecule has 0 atom stereocenters. The molecule has 0 aliphatic carbocycles. The molecule has 18 heavy (non-hydrogen) atoms. The van der Waals surface area contributed by atoms with E-state index in [1.54, 1.807) is 20.8 Å². The van der Waals surface area contributed by atoms with E-state index in [9.17, 15) is 13.6 Å². The lowest BCUT2D eigenvalue weighted by Crippen LogP contribution is -2.05. The van der Waals surface area contributed by atoms with Gasteiger partial charge in [-0.15, -0.1) is 0 Å². The van der Waals surface area contributed by atoms with Gasteiger partial charge in [0, 0.05) is 17.2 Å². The van der Waals surface area contributed by atoms with Crippen LogP contribution in [0.15, 0.2) is 11.6 Å². The average Bonchev–Trinajstić information content (AvgIpc) is 2.35. The van der Waals surface area contributed by atoms with Crippen LogP contribution in [0.1, 0.15) is 30.0 Å². The van der Waals surface area contributed by atoms with Crippen LogP contribution in [0.25, 0.3) is 6.08 Å². The molecule has 0 amide bonds. The van der Waals surface area contributed by atoms with Gasteiger partial charge < -0.3 is 4.74 Å². The van der Waals surface area contributed by atoms with Gasteiger partial charge in [-0.05, 0) is 37.5 Å². The molecule has 4 heteroatoms. The molecule has 1 aromatic carbocycles. The Morgan fingerprint density at radius 3 is 2.39 bits per heavy atom. The normalized spacial score (nSPS) is 11.6. The quantitative estimate of drug-likeness (QED) is 0.609. The number of benzene rings is 1. The van der Waals surface area contributed by atoms with Gasteiger partial charge in [-0.25, -0.2) is 13.6 Å². The molecule has 1 aromatic rings. The molecule has 0 saturated carbocycles. The molecular weight excluding hydrogens is 238 g/mol. The predicted molar refractivity (Wildman–Crippen MR) is 66.1 cm³/mol. The van der Waals surface area contributed by atoms with Crippen LogP contribution in [0.5, 0.6) is 0 Å². The highest BCUT2D eigenvalue weighted by Crippen LogP contribution is 2.23. The maximum absolute atomic E-state index is 13.7. The van der Waals surface area contributed by atoms with Crippen molar-refractivity contribution >= 4 is 12.0 Å². The predicted octanol–water partition coefficient (Wildman–Crippen LogP) is 3.55. The highest BCUT2D eigenvalue weighted by Gasteiger charge is 2.14. The van der Waals surface area contributed by atoms with E-state index in [0.29, 0.717) is 23.1 Å². The fraction of sp³-hybridized carbons (Fsp3) is 0.357. The van der Waals surface area contributed by atoms with Crippen molar-refractivity contribution in [1.82, 2.24) is 0 Å². The Morgan fingerprint density at radius 2 is 1.89 bits per heavy atom. The minimum Gasteiger partial charge on any atom is -0.466 e. The second-order valence-corrected chi connectivity index (χ2v) is 4.02. The van der Waals surface area contributed by atoms with Crippen LogP contribution in [0, 0.1) is 25.5 Å². The summed E-state index contributed by atoms with van der Waals surface area (Å²) in [7, 11) is 1.27. The average molecular weight is 254 g/mol. The summed E-state index contributed by atoms with van der Waals surface area (Å²) in [5.74, 6) is -1.76. The van der Waals surface area contributed by atoms with Crippen LogP contribution in [0.3, 0.4) is 0 Å². The third-order valence-electron chi connectivity index (χ3n) is 2.98. The first kappa shape index (κ1) is 14.4. The molecule has 2 nitrogen and oxygen atoms in total. The van der Waals surface area contributed by atoms with Gasteiger partial charge in [-0.2, -0.15) is 0 Å². The fourth-order valence-electron chi connectivity index (χ4n) is 1.65. The molecule has 0 aromatic heterocycles. The Balaban J connectivity index is 3.38. The smallest absolute Gasteiger partial charge is 0.333 e. The highest BCUT2D eigenvalue weighted by molar-refractivity contribution is 5.93. The number of methoxy groups -OCH3 is 1. The van der Waals surface area contributed by atoms with E-state index in [2.05, 4.69) is 4.74 Å². The molecule has 0 bridgehead atoms. The third kappa shape index (κ3) is 2.75. The zero-order chi connectivity index (χ0) is 13.9. The van der Waals surface area contributed by atoms with E-state index < -0.39 is 17.6 Å². The lowest BCUT2D eigenvalue weighted by atomic mass is 9.99. The lowest BCUT2D eigenvalue weighted by Gasteiger charge is -2.09. The summed E-state index contributed by atoms with van der Waals surface area (Å²) in [4.78, 5) is 11.4. The van der Waals surface area contributed by atoms with E-state index in [1.807, 2.05) is 0 Å². The largest absolute Gasteiger partial charge is 0.466 e. The summed E-state index contributed by atoms with van der Waals surface area (Å²) >= 11 is 0. The Morgan fingerprint density at radius 1 is 1.28 bits per heavy atom. The summed E-state index contributed by atoms with van der Waals surface area (Å²) in [5, 5.41) is 0. The minimum absolute atomic E-state index is 0.233. The van der Waals surface area contributed by atoms with Crippen molar-refractivity contribution in [3.8, 4) is 0 Å². The first-order valence-corrected chi connectivity index (χ1v) is 5.66. The summed E-state index contributed by atoms with van der Waals surface area (Å²) in [6.45, 7) is 4.97. The molecule has 0 fully saturated rings. The molecule has 98 valence electrons. The molecule has 0 unspecified atom stereocenters. The summed E-state index contributed by atoms with van der Waals surface area (Å²) in [6, 6.07) is 0.832. The maximum Gasteiger partial charge on any atom is 0.333 e. The van der Waals surface area contributed by atoms with Gasteiger partial charge in [0.1, 0.15) is 11.6 Å². The van der Waals surface area contributed by atoms with E-state index in [0.717, 1.165) is 6.07 Å². The van der Waals surface area contributed by atoms with Gasteiger partial charge in [-0.3, -0.25) is 0 Å². The van der Waals surface area contributed by atoms with Crippen LogP contribution >= 0.6 is 0 Å². The lowest BCUT2D eigenvalue weighted by molar-refractivity contribution is -0.136. The summed E-state index contributed by atoms with van der Waals surface area (Å²) in [6.07, 6.45) is 1.84. The second-order valence-electron chi connectivity index (χ2n) is 4.02. The second kappa shape index (κ2) is 5.76. The molecule has 0 N–H and O–H groups in total. The highest BCUT2D eigenvalue weighted by atomic mass is 19.1. The maximum atomic E-state index is 13.7. The SMILES string of the molecule is CC/C(=C\c1c(F)cc(F)c(C)c1C)C(=O)OC. The molecular formula is C14H16F2O2. The van der Waals surface area contributed by atoms with E-state index in [4.69, 9.17) is 0 Å². The number of rotatable bonds is 3. The summed E-state index contributed by atoms with van der Waals surface area (Å²) in [5.41, 5.74) is 1.45. The number of hydrogen-bond donors (Lipinski definition) is 0. The Hall–Kier alpha value is -1.71. The van der Waals surface area contributed by atoms with Crippen LogP contribution in [-0.2, 0) is 9.53 Å². The topological polar surface area (TPSA) is 26.3 Å². The van der Waals surface area contributed by atoms with Crippen LogP contribution in [0.2, 0.25) is 0 Å². The monoisotopic (exact) mass is 254 g/mol. The number of carbonyl (C=O) groups is 1. The van der Waals surface area contributed by atoms with E-state index in [1.165, 1.54) is 13.2 Å². The van der Waals surface area contributed by atoms with Crippen molar-refractivity contribution in [3.63, 3.8) is 0 Å². The number of carbonyl (C=O) groups excluding carboxylic acids is 1. The first-order chi connectivity index (χ1) is 8.42. The molecule has 0 heterocycles. The van der Waals surface area contributed by atoms with Crippen LogP contribution in [-0.4, -0.2) is 13.1 Å². The van der Waals surface area contributed by atoms with Crippen molar-refractivity contribution in [1.29, 1.82) is 0 Å². The Labute approximate surface area is 105 Å². The zero-order valence-corrected chi connectivity index (χ0v) is 10.9. The van der Waals surface area contributed by atoms with Gasteiger partial charge >= 0.3 is 5.97 Å². The summed E-state index contributed by atoms with van der Waals surface area (Å²) < 4.78 is 31.6. The van der Waals surface area contributed by atoms with Crippen molar-refractivity contribution in [2.45, 2.75) is 27.2 Å². The van der Waals surface area contributed by atoms with Gasteiger partial charge in [0.25, 0.3) is 0 Å². The van der Waals surface area contributed by atoms with Crippen molar-refractivity contribution < 1.29 is 18.3 Å².